The van der Waals surface area contributed by atoms with Crippen molar-refractivity contribution in [2.75, 3.05) is 19.6 Å². The maximum absolute atomic E-state index is 11.9. The van der Waals surface area contributed by atoms with Gasteiger partial charge in [0.1, 0.15) is 5.60 Å². The highest BCUT2D eigenvalue weighted by molar-refractivity contribution is 5.76. The Bertz CT molecular complexity index is 599. The second kappa shape index (κ2) is 15.0. The SMILES string of the molecule is CC(C)(C)OC(=O)CCN(O)C(=O)CCCCCCCCNCCc1ccccc1. The number of esters is 1. The van der Waals surface area contributed by atoms with Crippen molar-refractivity contribution >= 4 is 11.9 Å². The van der Waals surface area contributed by atoms with Gasteiger partial charge in [0.05, 0.1) is 13.0 Å². The van der Waals surface area contributed by atoms with Crippen molar-refractivity contribution in [3.8, 4) is 0 Å². The Kier molecular flexibility index (Phi) is 13.0. The maximum Gasteiger partial charge on any atom is 0.308 e. The van der Waals surface area contributed by atoms with Crippen molar-refractivity contribution in [2.24, 2.45) is 0 Å². The molecule has 0 atom stereocenters. The van der Waals surface area contributed by atoms with Crippen LogP contribution in [-0.4, -0.2) is 47.4 Å². The molecule has 0 saturated carbocycles. The summed E-state index contributed by atoms with van der Waals surface area (Å²) in [5.74, 6) is -0.745. The highest BCUT2D eigenvalue weighted by Gasteiger charge is 2.18. The first-order valence-electron chi connectivity index (χ1n) is 11.2. The molecule has 170 valence electrons. The van der Waals surface area contributed by atoms with E-state index < -0.39 is 11.6 Å². The first kappa shape index (κ1) is 26.1. The van der Waals surface area contributed by atoms with Gasteiger partial charge in [0.25, 0.3) is 0 Å². The molecule has 30 heavy (non-hydrogen) atoms. The zero-order valence-electron chi connectivity index (χ0n) is 19.0. The molecule has 0 aliphatic carbocycles. The van der Waals surface area contributed by atoms with Crippen LogP contribution in [0.15, 0.2) is 30.3 Å². The van der Waals surface area contributed by atoms with Crippen LogP contribution in [0.1, 0.15) is 77.7 Å². The average molecular weight is 421 g/mol. The zero-order valence-corrected chi connectivity index (χ0v) is 19.0. The first-order chi connectivity index (χ1) is 14.3. The number of rotatable bonds is 15. The molecule has 0 heterocycles. The summed E-state index contributed by atoms with van der Waals surface area (Å²) in [6, 6.07) is 10.5. The zero-order chi connectivity index (χ0) is 22.2. The lowest BCUT2D eigenvalue weighted by molar-refractivity contribution is -0.170. The number of nitrogens with one attached hydrogen (secondary N) is 1. The standard InChI is InChI=1S/C24H40N2O4/c1-24(2,3)30-23(28)17-20-26(29)22(27)15-11-6-4-5-7-12-18-25-19-16-21-13-9-8-10-14-21/h8-10,13-14,25,29H,4-7,11-12,15-20H2,1-3H3. The van der Waals surface area contributed by atoms with Crippen LogP contribution in [0.25, 0.3) is 0 Å². The lowest BCUT2D eigenvalue weighted by Crippen LogP contribution is -2.31. The minimum atomic E-state index is -0.556. The Balaban J connectivity index is 1.91. The Hall–Kier alpha value is -1.92. The summed E-state index contributed by atoms with van der Waals surface area (Å²) in [7, 11) is 0. The third-order valence-corrected chi connectivity index (χ3v) is 4.66. The van der Waals surface area contributed by atoms with E-state index in [0.29, 0.717) is 11.5 Å². The number of nitrogens with zero attached hydrogens (tertiary/aromatic N) is 1. The topological polar surface area (TPSA) is 78.9 Å². The maximum atomic E-state index is 11.9. The second-order valence-electron chi connectivity index (χ2n) is 8.71. The van der Waals surface area contributed by atoms with Gasteiger partial charge in [0, 0.05) is 6.42 Å². The van der Waals surface area contributed by atoms with Crippen LogP contribution in [0.4, 0.5) is 0 Å². The lowest BCUT2D eigenvalue weighted by Gasteiger charge is -2.20. The number of hydrogen-bond donors (Lipinski definition) is 2. The van der Waals surface area contributed by atoms with Gasteiger partial charge in [-0.25, -0.2) is 5.06 Å². The lowest BCUT2D eigenvalue weighted by atomic mass is 10.1. The Morgan fingerprint density at radius 2 is 1.57 bits per heavy atom. The van der Waals surface area contributed by atoms with Crippen LogP contribution < -0.4 is 5.32 Å². The van der Waals surface area contributed by atoms with Crippen LogP contribution in [0.2, 0.25) is 0 Å². The molecule has 1 aromatic rings. The number of amides is 1. The molecule has 1 rings (SSSR count). The summed E-state index contributed by atoms with van der Waals surface area (Å²) in [4.78, 5) is 23.5. The van der Waals surface area contributed by atoms with Gasteiger partial charge in [-0.2, -0.15) is 0 Å². The molecule has 0 aromatic heterocycles. The van der Waals surface area contributed by atoms with E-state index in [0.717, 1.165) is 45.2 Å². The number of carbonyl (C=O) groups excluding carboxylic acids is 2. The number of carbonyl (C=O) groups is 2. The van der Waals surface area contributed by atoms with Crippen LogP contribution in [0.5, 0.6) is 0 Å². The fourth-order valence-electron chi connectivity index (χ4n) is 3.08. The normalized spacial score (nSPS) is 11.3. The molecule has 0 fully saturated rings. The van der Waals surface area contributed by atoms with E-state index in [4.69, 9.17) is 4.74 Å². The molecule has 0 aliphatic heterocycles. The van der Waals surface area contributed by atoms with Crippen LogP contribution in [-0.2, 0) is 20.7 Å². The van der Waals surface area contributed by atoms with Gasteiger partial charge in [-0.3, -0.25) is 14.8 Å². The first-order valence-corrected chi connectivity index (χ1v) is 11.2. The van der Waals surface area contributed by atoms with Gasteiger partial charge < -0.3 is 10.1 Å². The van der Waals surface area contributed by atoms with E-state index in [9.17, 15) is 14.8 Å². The van der Waals surface area contributed by atoms with Gasteiger partial charge in [0.2, 0.25) is 5.91 Å². The summed E-state index contributed by atoms with van der Waals surface area (Å²) < 4.78 is 5.16. The third kappa shape index (κ3) is 14.1. The van der Waals surface area contributed by atoms with E-state index in [1.165, 1.54) is 18.4 Å². The molecule has 2 N–H and O–H groups in total. The number of unbranched alkanes of at least 4 members (excludes halogenated alkanes) is 5. The van der Waals surface area contributed by atoms with E-state index in [1.807, 2.05) is 6.07 Å². The van der Waals surface area contributed by atoms with Crippen molar-refractivity contribution in [3.63, 3.8) is 0 Å². The predicted molar refractivity (Wildman–Crippen MR) is 119 cm³/mol. The predicted octanol–water partition coefficient (Wildman–Crippen LogP) is 4.50. The molecule has 0 bridgehead atoms. The van der Waals surface area contributed by atoms with Crippen molar-refractivity contribution in [1.82, 2.24) is 10.4 Å². The highest BCUT2D eigenvalue weighted by atomic mass is 16.6. The van der Waals surface area contributed by atoms with Gasteiger partial charge in [0.15, 0.2) is 0 Å². The molecule has 6 heteroatoms. The Morgan fingerprint density at radius 3 is 2.23 bits per heavy atom. The van der Waals surface area contributed by atoms with Crippen molar-refractivity contribution in [3.05, 3.63) is 35.9 Å². The molecule has 1 amide bonds. The molecule has 1 aromatic carbocycles. The number of hydrogen-bond acceptors (Lipinski definition) is 5. The largest absolute Gasteiger partial charge is 0.460 e. The fraction of sp³-hybridized carbons (Fsp3) is 0.667. The minimum absolute atomic E-state index is 0.00110. The van der Waals surface area contributed by atoms with E-state index >= 15 is 0 Å². The molecule has 6 nitrogen and oxygen atoms in total. The molecular formula is C24H40N2O4. The molecule has 0 unspecified atom stereocenters. The van der Waals surface area contributed by atoms with Crippen molar-refractivity contribution in [2.45, 2.75) is 84.2 Å². The van der Waals surface area contributed by atoms with Crippen molar-refractivity contribution in [1.29, 1.82) is 0 Å². The Morgan fingerprint density at radius 1 is 0.933 bits per heavy atom. The summed E-state index contributed by atoms with van der Waals surface area (Å²) in [6.45, 7) is 7.39. The molecule has 0 radical (unpaired) electrons. The summed E-state index contributed by atoms with van der Waals surface area (Å²) >= 11 is 0. The number of benzene rings is 1. The third-order valence-electron chi connectivity index (χ3n) is 4.66. The summed E-state index contributed by atoms with van der Waals surface area (Å²) in [6.07, 6.45) is 7.73. The Labute approximate surface area is 181 Å². The summed E-state index contributed by atoms with van der Waals surface area (Å²) in [5, 5.41) is 13.9. The van der Waals surface area contributed by atoms with E-state index in [-0.39, 0.29) is 18.9 Å². The molecular weight excluding hydrogens is 380 g/mol. The van der Waals surface area contributed by atoms with Crippen molar-refractivity contribution < 1.29 is 19.5 Å². The fourth-order valence-corrected chi connectivity index (χ4v) is 3.08. The second-order valence-corrected chi connectivity index (χ2v) is 8.71. The highest BCUT2D eigenvalue weighted by Crippen LogP contribution is 2.10. The van der Waals surface area contributed by atoms with Gasteiger partial charge in [-0.15, -0.1) is 0 Å². The van der Waals surface area contributed by atoms with Crippen LogP contribution in [0, 0.1) is 0 Å². The van der Waals surface area contributed by atoms with Crippen LogP contribution in [0.3, 0.4) is 0 Å². The number of ether oxygens (including phenoxy) is 1. The average Bonchev–Trinajstić information content (AvgIpc) is 2.69. The smallest absolute Gasteiger partial charge is 0.308 e. The molecule has 0 spiro atoms. The van der Waals surface area contributed by atoms with Gasteiger partial charge in [-0.05, 0) is 58.7 Å². The molecule has 0 saturated heterocycles. The van der Waals surface area contributed by atoms with E-state index in [1.54, 1.807) is 20.8 Å². The quantitative estimate of drug-likeness (QED) is 0.189. The molecule has 0 aliphatic rings. The summed E-state index contributed by atoms with van der Waals surface area (Å²) in [5.41, 5.74) is 0.811. The van der Waals surface area contributed by atoms with Crippen LogP contribution >= 0.6 is 0 Å². The minimum Gasteiger partial charge on any atom is -0.460 e. The number of hydroxylamine groups is 2. The van der Waals surface area contributed by atoms with E-state index in [2.05, 4.69) is 29.6 Å². The van der Waals surface area contributed by atoms with Gasteiger partial charge >= 0.3 is 5.97 Å². The van der Waals surface area contributed by atoms with Gasteiger partial charge in [-0.1, -0.05) is 56.0 Å². The monoisotopic (exact) mass is 420 g/mol.